The molecule has 0 aromatic heterocycles. The zero-order valence-electron chi connectivity index (χ0n) is 11.6. The lowest BCUT2D eigenvalue weighted by Crippen LogP contribution is -2.14. The predicted molar refractivity (Wildman–Crippen MR) is 75.1 cm³/mol. The number of carbonyl (C=O) groups excluding carboxylic acids is 1. The molecule has 0 unspecified atom stereocenters. The lowest BCUT2D eigenvalue weighted by Gasteiger charge is -2.26. The summed E-state index contributed by atoms with van der Waals surface area (Å²) >= 11 is 0. The summed E-state index contributed by atoms with van der Waals surface area (Å²) in [5.41, 5.74) is 2.70. The third kappa shape index (κ3) is 1.97. The predicted octanol–water partition coefficient (Wildman–Crippen LogP) is 3.12. The fourth-order valence-electron chi connectivity index (χ4n) is 2.66. The maximum atomic E-state index is 11.2. The fraction of sp³-hybridized carbons (Fsp3) is 0.312. The Labute approximate surface area is 117 Å². The van der Waals surface area contributed by atoms with Gasteiger partial charge in [-0.3, -0.25) is 4.79 Å². The van der Waals surface area contributed by atoms with E-state index < -0.39 is 0 Å². The third-order valence-corrected chi connectivity index (χ3v) is 3.68. The Morgan fingerprint density at radius 1 is 1.20 bits per heavy atom. The van der Waals surface area contributed by atoms with Gasteiger partial charge in [-0.25, -0.2) is 0 Å². The van der Waals surface area contributed by atoms with Gasteiger partial charge in [-0.2, -0.15) is 0 Å². The molecule has 2 aliphatic rings. The monoisotopic (exact) mass is 272 g/mol. The van der Waals surface area contributed by atoms with Crippen molar-refractivity contribution in [2.45, 2.75) is 19.3 Å². The molecule has 4 nitrogen and oxygen atoms in total. The van der Waals surface area contributed by atoms with E-state index in [0.29, 0.717) is 23.0 Å². The van der Waals surface area contributed by atoms with Crippen LogP contribution in [-0.4, -0.2) is 20.5 Å². The first kappa shape index (κ1) is 12.8. The summed E-state index contributed by atoms with van der Waals surface area (Å²) in [5.74, 6) is 2.75. The molecule has 1 aromatic carbocycles. The fourth-order valence-corrected chi connectivity index (χ4v) is 2.66. The second-order valence-electron chi connectivity index (χ2n) is 4.84. The van der Waals surface area contributed by atoms with Crippen LogP contribution in [0.5, 0.6) is 17.2 Å². The van der Waals surface area contributed by atoms with Gasteiger partial charge in [0.1, 0.15) is 29.3 Å². The Kier molecular flexibility index (Phi) is 3.22. The summed E-state index contributed by atoms with van der Waals surface area (Å²) in [4.78, 5) is 11.2. The van der Waals surface area contributed by atoms with Crippen molar-refractivity contribution < 1.29 is 19.0 Å². The van der Waals surface area contributed by atoms with Gasteiger partial charge in [0.25, 0.3) is 0 Å². The smallest absolute Gasteiger partial charge is 0.149 e. The molecule has 0 N–H and O–H groups in total. The van der Waals surface area contributed by atoms with Crippen LogP contribution in [0.15, 0.2) is 29.0 Å². The van der Waals surface area contributed by atoms with Crippen LogP contribution >= 0.6 is 0 Å². The first-order valence-corrected chi connectivity index (χ1v) is 6.60. The summed E-state index contributed by atoms with van der Waals surface area (Å²) in [7, 11) is 3.22. The van der Waals surface area contributed by atoms with E-state index in [0.717, 1.165) is 42.3 Å². The molecule has 0 amide bonds. The molecule has 104 valence electrons. The molecule has 1 aromatic rings. The standard InChI is InChI=1S/C16H16O4/c1-18-12-7-14(19-2)13-6-10-4-3-5-11(9-17)16(10)20-15(13)8-12/h6-9H,3-5H2,1-2H3. The largest absolute Gasteiger partial charge is 0.496 e. The van der Waals surface area contributed by atoms with E-state index >= 15 is 0 Å². The lowest BCUT2D eigenvalue weighted by molar-refractivity contribution is -0.105. The summed E-state index contributed by atoms with van der Waals surface area (Å²) in [5, 5.41) is 0. The van der Waals surface area contributed by atoms with Crippen LogP contribution in [0.2, 0.25) is 0 Å². The van der Waals surface area contributed by atoms with Crippen molar-refractivity contribution in [3.8, 4) is 17.2 Å². The Hall–Kier alpha value is -2.23. The molecule has 1 aliphatic heterocycles. The number of benzene rings is 1. The minimum Gasteiger partial charge on any atom is -0.496 e. The molecule has 0 bridgehead atoms. The van der Waals surface area contributed by atoms with Gasteiger partial charge in [-0.05, 0) is 30.9 Å². The number of rotatable bonds is 3. The number of fused-ring (bicyclic) bond motifs is 2. The topological polar surface area (TPSA) is 44.8 Å². The van der Waals surface area contributed by atoms with Crippen molar-refractivity contribution in [1.82, 2.24) is 0 Å². The molecule has 0 spiro atoms. The highest BCUT2D eigenvalue weighted by molar-refractivity contribution is 5.81. The van der Waals surface area contributed by atoms with Gasteiger partial charge in [0.15, 0.2) is 0 Å². The van der Waals surface area contributed by atoms with E-state index in [1.807, 2.05) is 12.1 Å². The van der Waals surface area contributed by atoms with Crippen LogP contribution in [0.3, 0.4) is 0 Å². The van der Waals surface area contributed by atoms with E-state index in [1.54, 1.807) is 14.2 Å². The number of allylic oxidation sites excluding steroid dienone is 2. The number of methoxy groups -OCH3 is 2. The molecule has 0 fully saturated rings. The van der Waals surface area contributed by atoms with Crippen molar-refractivity contribution in [2.75, 3.05) is 14.2 Å². The molecule has 0 saturated carbocycles. The number of carbonyl (C=O) groups is 1. The van der Waals surface area contributed by atoms with Crippen LogP contribution in [0, 0.1) is 0 Å². The Bertz CT molecular complexity index is 626. The van der Waals surface area contributed by atoms with Crippen LogP contribution < -0.4 is 14.2 Å². The van der Waals surface area contributed by atoms with Crippen LogP contribution in [0.1, 0.15) is 24.8 Å². The normalized spacial score (nSPS) is 16.6. The van der Waals surface area contributed by atoms with Gasteiger partial charge >= 0.3 is 0 Å². The highest BCUT2D eigenvalue weighted by Crippen LogP contribution is 2.44. The van der Waals surface area contributed by atoms with Gasteiger partial charge in [-0.1, -0.05) is 0 Å². The summed E-state index contributed by atoms with van der Waals surface area (Å²) in [6.07, 6.45) is 5.61. The summed E-state index contributed by atoms with van der Waals surface area (Å²) in [6.45, 7) is 0. The maximum Gasteiger partial charge on any atom is 0.149 e. The molecular formula is C16H16O4. The van der Waals surface area contributed by atoms with E-state index in [-0.39, 0.29) is 0 Å². The van der Waals surface area contributed by atoms with E-state index in [1.165, 1.54) is 0 Å². The zero-order chi connectivity index (χ0) is 14.1. The second kappa shape index (κ2) is 5.04. The van der Waals surface area contributed by atoms with Gasteiger partial charge in [-0.15, -0.1) is 0 Å². The molecule has 3 rings (SSSR count). The average molecular weight is 272 g/mol. The molecule has 1 aliphatic carbocycles. The molecule has 0 atom stereocenters. The minimum atomic E-state index is 0.668. The Morgan fingerprint density at radius 3 is 2.75 bits per heavy atom. The van der Waals surface area contributed by atoms with Crippen molar-refractivity contribution >= 4 is 12.4 Å². The van der Waals surface area contributed by atoms with Gasteiger partial charge < -0.3 is 14.2 Å². The van der Waals surface area contributed by atoms with E-state index in [9.17, 15) is 4.79 Å². The van der Waals surface area contributed by atoms with Crippen LogP contribution in [0.4, 0.5) is 0 Å². The number of aldehydes is 1. The molecule has 4 heteroatoms. The van der Waals surface area contributed by atoms with Gasteiger partial charge in [0.05, 0.1) is 19.8 Å². The highest BCUT2D eigenvalue weighted by Gasteiger charge is 2.26. The van der Waals surface area contributed by atoms with Gasteiger partial charge in [0, 0.05) is 17.7 Å². The molecule has 1 heterocycles. The quantitative estimate of drug-likeness (QED) is 0.793. The van der Waals surface area contributed by atoms with E-state index in [2.05, 4.69) is 6.08 Å². The molecular weight excluding hydrogens is 256 g/mol. The summed E-state index contributed by atoms with van der Waals surface area (Å²) < 4.78 is 16.6. The lowest BCUT2D eigenvalue weighted by atomic mass is 9.90. The first-order chi connectivity index (χ1) is 9.76. The number of ether oxygens (including phenoxy) is 3. The zero-order valence-corrected chi connectivity index (χ0v) is 11.6. The van der Waals surface area contributed by atoms with Crippen molar-refractivity contribution in [3.05, 3.63) is 34.6 Å². The number of hydrogen-bond acceptors (Lipinski definition) is 4. The number of hydrogen-bond donors (Lipinski definition) is 0. The molecule has 0 radical (unpaired) electrons. The average Bonchev–Trinajstić information content (AvgIpc) is 2.51. The summed E-state index contributed by atoms with van der Waals surface area (Å²) in [6, 6.07) is 3.65. The third-order valence-electron chi connectivity index (χ3n) is 3.68. The van der Waals surface area contributed by atoms with E-state index in [4.69, 9.17) is 14.2 Å². The molecule has 0 saturated heterocycles. The first-order valence-electron chi connectivity index (χ1n) is 6.60. The highest BCUT2D eigenvalue weighted by atomic mass is 16.5. The van der Waals surface area contributed by atoms with Crippen molar-refractivity contribution in [3.63, 3.8) is 0 Å². The van der Waals surface area contributed by atoms with Crippen molar-refractivity contribution in [1.29, 1.82) is 0 Å². The second-order valence-corrected chi connectivity index (χ2v) is 4.84. The van der Waals surface area contributed by atoms with Crippen LogP contribution in [0.25, 0.3) is 6.08 Å². The van der Waals surface area contributed by atoms with Gasteiger partial charge in [0.2, 0.25) is 0 Å². The molecule has 20 heavy (non-hydrogen) atoms. The van der Waals surface area contributed by atoms with Crippen molar-refractivity contribution in [2.24, 2.45) is 0 Å². The minimum absolute atomic E-state index is 0.668. The maximum absolute atomic E-state index is 11.2. The SMILES string of the molecule is COc1cc(OC)c2c(c1)OC1=C(C=O)CCCC1=C2. The van der Waals surface area contributed by atoms with Crippen LogP contribution in [-0.2, 0) is 4.79 Å². The Balaban J connectivity index is 2.17. The Morgan fingerprint density at radius 2 is 2.05 bits per heavy atom.